The van der Waals surface area contributed by atoms with E-state index in [0.29, 0.717) is 17.2 Å². The maximum atomic E-state index is 13.3. The first kappa shape index (κ1) is 10.4. The van der Waals surface area contributed by atoms with Crippen molar-refractivity contribution in [3.63, 3.8) is 0 Å². The molecule has 1 aromatic carbocycles. The minimum absolute atomic E-state index is 0.193. The topological polar surface area (TPSA) is 21.3 Å². The predicted octanol–water partition coefficient (Wildman–Crippen LogP) is 2.22. The Balaban J connectivity index is 2.39. The number of halogens is 1. The second-order valence-corrected chi connectivity index (χ2v) is 4.03. The number of rotatable bonds is 2. The van der Waals surface area contributed by atoms with Gasteiger partial charge in [-0.25, -0.2) is 4.39 Å². The quantitative estimate of drug-likeness (QED) is 0.806. The van der Waals surface area contributed by atoms with Gasteiger partial charge in [0.05, 0.1) is 7.11 Å². The fourth-order valence-corrected chi connectivity index (χ4v) is 2.10. The largest absolute Gasteiger partial charge is 0.496 e. The summed E-state index contributed by atoms with van der Waals surface area (Å²) in [7, 11) is 1.59. The van der Waals surface area contributed by atoms with Crippen molar-refractivity contribution in [1.29, 1.82) is 0 Å². The van der Waals surface area contributed by atoms with E-state index in [-0.39, 0.29) is 5.82 Å². The van der Waals surface area contributed by atoms with Crippen molar-refractivity contribution in [3.05, 3.63) is 29.1 Å². The molecule has 1 saturated heterocycles. The van der Waals surface area contributed by atoms with Crippen molar-refractivity contribution >= 4 is 0 Å². The Morgan fingerprint density at radius 1 is 1.47 bits per heavy atom. The second kappa shape index (κ2) is 4.19. The molecule has 0 saturated carbocycles. The molecule has 2 nitrogen and oxygen atoms in total. The van der Waals surface area contributed by atoms with Crippen molar-refractivity contribution in [1.82, 2.24) is 5.32 Å². The lowest BCUT2D eigenvalue weighted by atomic mass is 9.95. The Morgan fingerprint density at radius 3 is 2.87 bits per heavy atom. The minimum Gasteiger partial charge on any atom is -0.496 e. The van der Waals surface area contributed by atoms with E-state index < -0.39 is 0 Å². The summed E-state index contributed by atoms with van der Waals surface area (Å²) in [5, 5.41) is 3.31. The van der Waals surface area contributed by atoms with E-state index in [4.69, 9.17) is 4.74 Å². The summed E-state index contributed by atoms with van der Waals surface area (Å²) < 4.78 is 18.6. The van der Waals surface area contributed by atoms with Crippen LogP contribution in [-0.2, 0) is 0 Å². The Hall–Kier alpha value is -1.09. The highest BCUT2D eigenvalue weighted by Crippen LogP contribution is 2.32. The number of methoxy groups -OCH3 is 1. The smallest absolute Gasteiger partial charge is 0.129 e. The number of benzene rings is 1. The van der Waals surface area contributed by atoms with Crippen LogP contribution in [0.2, 0.25) is 0 Å². The molecule has 82 valence electrons. The molecule has 0 aliphatic carbocycles. The molecule has 0 bridgehead atoms. The van der Waals surface area contributed by atoms with E-state index >= 15 is 0 Å². The molecule has 1 aromatic rings. The number of nitrogens with one attached hydrogen (secondary N) is 1. The van der Waals surface area contributed by atoms with Crippen molar-refractivity contribution in [2.24, 2.45) is 0 Å². The highest BCUT2D eigenvalue weighted by atomic mass is 19.1. The summed E-state index contributed by atoms with van der Waals surface area (Å²) in [6.07, 6.45) is 1.10. The van der Waals surface area contributed by atoms with Crippen molar-refractivity contribution in [2.45, 2.75) is 19.3 Å². The van der Waals surface area contributed by atoms with Crippen molar-refractivity contribution < 1.29 is 9.13 Å². The molecule has 1 atom stereocenters. The molecule has 1 unspecified atom stereocenters. The predicted molar refractivity (Wildman–Crippen MR) is 57.9 cm³/mol. The van der Waals surface area contributed by atoms with Gasteiger partial charge in [0, 0.05) is 18.5 Å². The third kappa shape index (κ3) is 1.97. The lowest BCUT2D eigenvalue weighted by Gasteiger charge is -2.15. The number of hydrogen-bond acceptors (Lipinski definition) is 2. The van der Waals surface area contributed by atoms with Gasteiger partial charge >= 0.3 is 0 Å². The van der Waals surface area contributed by atoms with Crippen LogP contribution in [0.3, 0.4) is 0 Å². The zero-order chi connectivity index (χ0) is 10.8. The second-order valence-electron chi connectivity index (χ2n) is 4.03. The van der Waals surface area contributed by atoms with Gasteiger partial charge in [-0.15, -0.1) is 0 Å². The Labute approximate surface area is 89.4 Å². The lowest BCUT2D eigenvalue weighted by Crippen LogP contribution is -2.09. The first-order valence-corrected chi connectivity index (χ1v) is 5.27. The van der Waals surface area contributed by atoms with Crippen molar-refractivity contribution in [2.75, 3.05) is 20.2 Å². The van der Waals surface area contributed by atoms with Gasteiger partial charge in [-0.1, -0.05) is 0 Å². The van der Waals surface area contributed by atoms with E-state index in [1.54, 1.807) is 14.0 Å². The number of hydrogen-bond donors (Lipinski definition) is 1. The van der Waals surface area contributed by atoms with Gasteiger partial charge in [-0.05, 0) is 37.1 Å². The number of aryl methyl sites for hydroxylation is 1. The van der Waals surface area contributed by atoms with Gasteiger partial charge in [0.25, 0.3) is 0 Å². The molecule has 2 rings (SSSR count). The Kier molecular flexibility index (Phi) is 2.91. The molecule has 1 aliphatic heterocycles. The Morgan fingerprint density at radius 2 is 2.27 bits per heavy atom. The number of ether oxygens (including phenoxy) is 1. The molecular formula is C12H16FNO. The van der Waals surface area contributed by atoms with Gasteiger partial charge in [-0.3, -0.25) is 0 Å². The average Bonchev–Trinajstić information content (AvgIpc) is 2.74. The third-order valence-electron chi connectivity index (χ3n) is 3.01. The monoisotopic (exact) mass is 209 g/mol. The summed E-state index contributed by atoms with van der Waals surface area (Å²) in [5.41, 5.74) is 1.82. The average molecular weight is 209 g/mol. The van der Waals surface area contributed by atoms with E-state index in [9.17, 15) is 4.39 Å². The summed E-state index contributed by atoms with van der Waals surface area (Å²) >= 11 is 0. The molecule has 0 radical (unpaired) electrons. The Bertz CT molecular complexity index is 359. The standard InChI is InChI=1S/C12H16FNO/c1-8-5-10(9-3-4-14-7-9)12(15-2)6-11(8)13/h5-6,9,14H,3-4,7H2,1-2H3. The first-order valence-electron chi connectivity index (χ1n) is 5.27. The van der Waals surface area contributed by atoms with Gasteiger partial charge < -0.3 is 10.1 Å². The van der Waals surface area contributed by atoms with Crippen LogP contribution in [-0.4, -0.2) is 20.2 Å². The highest BCUT2D eigenvalue weighted by molar-refractivity contribution is 5.41. The van der Waals surface area contributed by atoms with Gasteiger partial charge in [-0.2, -0.15) is 0 Å². The molecule has 1 fully saturated rings. The maximum Gasteiger partial charge on any atom is 0.129 e. The van der Waals surface area contributed by atoms with Crippen LogP contribution in [0.5, 0.6) is 5.75 Å². The molecule has 1 heterocycles. The summed E-state index contributed by atoms with van der Waals surface area (Å²) in [6, 6.07) is 3.40. The molecule has 0 aromatic heterocycles. The molecule has 1 aliphatic rings. The summed E-state index contributed by atoms with van der Waals surface area (Å²) in [4.78, 5) is 0. The van der Waals surface area contributed by atoms with E-state index in [1.165, 1.54) is 6.07 Å². The maximum absolute atomic E-state index is 13.3. The zero-order valence-electron chi connectivity index (χ0n) is 9.14. The molecular weight excluding hydrogens is 193 g/mol. The van der Waals surface area contributed by atoms with Crippen LogP contribution in [0.15, 0.2) is 12.1 Å². The normalized spacial score (nSPS) is 20.6. The fourth-order valence-electron chi connectivity index (χ4n) is 2.10. The van der Waals surface area contributed by atoms with Crippen LogP contribution in [0, 0.1) is 12.7 Å². The minimum atomic E-state index is -0.193. The molecule has 0 spiro atoms. The van der Waals surface area contributed by atoms with Crippen molar-refractivity contribution in [3.8, 4) is 5.75 Å². The highest BCUT2D eigenvalue weighted by Gasteiger charge is 2.21. The van der Waals surface area contributed by atoms with Crippen LogP contribution in [0.25, 0.3) is 0 Å². The fraction of sp³-hybridized carbons (Fsp3) is 0.500. The summed E-state index contributed by atoms with van der Waals surface area (Å²) in [6.45, 7) is 3.78. The van der Waals surface area contributed by atoms with E-state index in [1.807, 2.05) is 6.07 Å². The van der Waals surface area contributed by atoms with Gasteiger partial charge in [0.1, 0.15) is 11.6 Å². The molecule has 3 heteroatoms. The van der Waals surface area contributed by atoms with Gasteiger partial charge in [0.15, 0.2) is 0 Å². The van der Waals surface area contributed by atoms with E-state index in [2.05, 4.69) is 5.32 Å². The molecule has 0 amide bonds. The lowest BCUT2D eigenvalue weighted by molar-refractivity contribution is 0.402. The first-order chi connectivity index (χ1) is 7.22. The van der Waals surface area contributed by atoms with E-state index in [0.717, 1.165) is 25.1 Å². The zero-order valence-corrected chi connectivity index (χ0v) is 9.14. The molecule has 15 heavy (non-hydrogen) atoms. The van der Waals surface area contributed by atoms with Gasteiger partial charge in [0.2, 0.25) is 0 Å². The van der Waals surface area contributed by atoms with Crippen LogP contribution >= 0.6 is 0 Å². The molecule has 1 N–H and O–H groups in total. The van der Waals surface area contributed by atoms with Crippen LogP contribution in [0.1, 0.15) is 23.5 Å². The van der Waals surface area contributed by atoms with Crippen LogP contribution in [0.4, 0.5) is 4.39 Å². The van der Waals surface area contributed by atoms with Crippen LogP contribution < -0.4 is 10.1 Å². The summed E-state index contributed by atoms with van der Waals surface area (Å²) in [5.74, 6) is 0.938. The SMILES string of the molecule is COc1cc(F)c(C)cc1C1CCNC1. The third-order valence-corrected chi connectivity index (χ3v) is 3.01.